The van der Waals surface area contributed by atoms with Gasteiger partial charge in [-0.05, 0) is 78.3 Å². The Balaban J connectivity index is 1.11. The van der Waals surface area contributed by atoms with Crippen molar-refractivity contribution in [2.45, 2.75) is 162 Å². The lowest BCUT2D eigenvalue weighted by Crippen LogP contribution is -2.60. The zero-order chi connectivity index (χ0) is 63.5. The van der Waals surface area contributed by atoms with Crippen LogP contribution in [0.3, 0.4) is 0 Å². The zero-order valence-electron chi connectivity index (χ0n) is 52.9. The summed E-state index contributed by atoms with van der Waals surface area (Å²) in [4.78, 5) is 115. The van der Waals surface area contributed by atoms with Crippen LogP contribution in [-0.4, -0.2) is 181 Å². The molecule has 7 amide bonds. The van der Waals surface area contributed by atoms with Crippen LogP contribution >= 0.6 is 11.8 Å². The van der Waals surface area contributed by atoms with Gasteiger partial charge in [-0.15, -0.1) is 11.8 Å². The Morgan fingerprint density at radius 1 is 0.709 bits per heavy atom. The fourth-order valence-corrected chi connectivity index (χ4v) is 12.8. The molecule has 11 atom stereocenters. The van der Waals surface area contributed by atoms with Crippen molar-refractivity contribution in [2.75, 3.05) is 59.6 Å². The average molecular weight is 1210 g/mol. The van der Waals surface area contributed by atoms with Crippen molar-refractivity contribution in [1.29, 1.82) is 0 Å². The number of hydrogen-bond acceptors (Lipinski definition) is 13. The third-order valence-corrected chi connectivity index (χ3v) is 17.8. The SMILES string of the molecule is CC[C@H](C)[C@@H]([C@@H](CC(=O)N1CCC[C@H]1[C@H](OC)[C@@H](C)C(=O)N[C@@H](Cc1ccccc1)C(=O)O)OC)N(C)C(=O)[C@@H](NC(=O)[C@H](C(C)C)N(C)CCSCNC(=O)[C@H](C)NC(=O)[C@@H](NC(=O)OCC1c2ccccc2-c2ccccc21)C(C)C)C(C)C. The molecule has 2 aliphatic rings. The quantitative estimate of drug-likeness (QED) is 0.0275. The Hall–Kier alpha value is -6.55. The van der Waals surface area contributed by atoms with Crippen molar-refractivity contribution >= 4 is 59.3 Å². The number of thioether (sulfide) groups is 1. The summed E-state index contributed by atoms with van der Waals surface area (Å²) >= 11 is 1.44. The number of likely N-dealkylation sites (N-methyl/N-ethyl adjacent to an activating group) is 2. The maximum Gasteiger partial charge on any atom is 0.407 e. The van der Waals surface area contributed by atoms with E-state index in [0.717, 1.165) is 27.8 Å². The van der Waals surface area contributed by atoms with Gasteiger partial charge in [0.15, 0.2) is 0 Å². The lowest BCUT2D eigenvalue weighted by molar-refractivity contribution is -0.148. The van der Waals surface area contributed by atoms with Gasteiger partial charge in [0.2, 0.25) is 35.4 Å². The maximum atomic E-state index is 14.8. The first kappa shape index (κ1) is 70.2. The molecule has 0 radical (unpaired) electrons. The number of carbonyl (C=O) groups is 8. The van der Waals surface area contributed by atoms with E-state index in [4.69, 9.17) is 14.2 Å². The van der Waals surface area contributed by atoms with Crippen molar-refractivity contribution in [3.8, 4) is 11.1 Å². The van der Waals surface area contributed by atoms with Gasteiger partial charge in [0.1, 0.15) is 30.8 Å². The van der Waals surface area contributed by atoms with Crippen molar-refractivity contribution in [1.82, 2.24) is 41.3 Å². The van der Waals surface area contributed by atoms with Crippen molar-refractivity contribution in [2.24, 2.45) is 29.6 Å². The Labute approximate surface area is 513 Å². The Morgan fingerprint density at radius 2 is 1.31 bits per heavy atom. The van der Waals surface area contributed by atoms with Crippen LogP contribution in [0.4, 0.5) is 4.79 Å². The molecule has 1 saturated heterocycles. The molecule has 0 aromatic heterocycles. The van der Waals surface area contributed by atoms with Gasteiger partial charge >= 0.3 is 12.1 Å². The molecule has 474 valence electrons. The largest absolute Gasteiger partial charge is 0.480 e. The first-order valence-electron chi connectivity index (χ1n) is 30.3. The molecule has 86 heavy (non-hydrogen) atoms. The summed E-state index contributed by atoms with van der Waals surface area (Å²) in [5.74, 6) is -4.54. The molecule has 1 heterocycles. The van der Waals surface area contributed by atoms with Gasteiger partial charge in [-0.3, -0.25) is 33.7 Å². The summed E-state index contributed by atoms with van der Waals surface area (Å²) in [6, 6.07) is 19.5. The molecule has 0 unspecified atom stereocenters. The normalized spacial score (nSPS) is 17.5. The van der Waals surface area contributed by atoms with Crippen LogP contribution in [0.1, 0.15) is 118 Å². The van der Waals surface area contributed by atoms with E-state index in [-0.39, 0.29) is 72.6 Å². The number of rotatable bonds is 33. The summed E-state index contributed by atoms with van der Waals surface area (Å²) < 4.78 is 17.7. The number of hydrogen-bond donors (Lipinski definition) is 6. The van der Waals surface area contributed by atoms with Crippen LogP contribution in [-0.2, 0) is 54.2 Å². The predicted molar refractivity (Wildman–Crippen MR) is 334 cm³/mol. The van der Waals surface area contributed by atoms with E-state index in [0.29, 0.717) is 38.1 Å². The van der Waals surface area contributed by atoms with Crippen LogP contribution in [0.25, 0.3) is 11.1 Å². The number of amides is 7. The Morgan fingerprint density at radius 3 is 1.87 bits per heavy atom. The van der Waals surface area contributed by atoms with Gasteiger partial charge in [0.25, 0.3) is 0 Å². The predicted octanol–water partition coefficient (Wildman–Crippen LogP) is 6.69. The number of aliphatic carboxylic acids is 1. The van der Waals surface area contributed by atoms with Gasteiger partial charge in [0.05, 0.1) is 48.5 Å². The van der Waals surface area contributed by atoms with E-state index < -0.39 is 90.2 Å². The summed E-state index contributed by atoms with van der Waals surface area (Å²) in [6.07, 6.45) is -0.299. The van der Waals surface area contributed by atoms with E-state index >= 15 is 0 Å². The highest BCUT2D eigenvalue weighted by molar-refractivity contribution is 7.99. The van der Waals surface area contributed by atoms with E-state index in [1.165, 1.54) is 26.0 Å². The number of benzene rings is 3. The van der Waals surface area contributed by atoms with E-state index in [1.54, 1.807) is 68.8 Å². The third-order valence-electron chi connectivity index (χ3n) is 17.0. The highest BCUT2D eigenvalue weighted by atomic mass is 32.2. The minimum Gasteiger partial charge on any atom is -0.480 e. The minimum absolute atomic E-state index is 0.0744. The zero-order valence-corrected chi connectivity index (χ0v) is 53.7. The number of carboxylic acid groups (broad SMARTS) is 1. The number of carbonyl (C=O) groups excluding carboxylic acids is 7. The summed E-state index contributed by atoms with van der Waals surface area (Å²) in [6.45, 7) is 19.4. The van der Waals surface area contributed by atoms with Gasteiger partial charge < -0.3 is 55.7 Å². The molecule has 3 aromatic rings. The highest BCUT2D eigenvalue weighted by Crippen LogP contribution is 2.44. The molecule has 5 rings (SSSR count). The number of alkyl carbamates (subject to hydrolysis) is 1. The number of ether oxygens (including phenoxy) is 3. The number of fused-ring (bicyclic) bond motifs is 3. The first-order valence-corrected chi connectivity index (χ1v) is 31.5. The standard InChI is InChI=1S/C65H96N8O12S/c1-15-41(8)57(52(83-13)35-53(74)73-31-23-30-51(73)58(84-14)42(9)59(75)68-50(64(80)81)34-44-24-17-16-18-25-44)72(12)63(79)55(39(4)5)69-62(78)56(40(6)7)71(11)32-33-86-37-66-60(76)43(10)67-61(77)54(38(2)3)70-65(82)85-36-49-47-28-21-19-26-45(47)46-27-20-22-29-48(46)49/h16-22,24-29,38-43,49-52,54-58H,15,23,30-37H2,1-14H3,(H,66,76)(H,67,77)(H,68,75)(H,69,78)(H,70,82)(H,80,81)/t41-,42+,43-,50-,51-,52+,54-,55-,56-,57-,58+/m0/s1. The number of nitrogens with zero attached hydrogens (tertiary/aromatic N) is 3. The van der Waals surface area contributed by atoms with Gasteiger partial charge in [-0.25, -0.2) is 9.59 Å². The van der Waals surface area contributed by atoms with Crippen molar-refractivity contribution in [3.05, 3.63) is 95.6 Å². The molecule has 20 nitrogen and oxygen atoms in total. The smallest absolute Gasteiger partial charge is 0.407 e. The lowest BCUT2D eigenvalue weighted by Gasteiger charge is -2.41. The van der Waals surface area contributed by atoms with Crippen LogP contribution in [0.5, 0.6) is 0 Å². The van der Waals surface area contributed by atoms with Gasteiger partial charge in [-0.2, -0.15) is 0 Å². The van der Waals surface area contributed by atoms with Crippen LogP contribution in [0.2, 0.25) is 0 Å². The van der Waals surface area contributed by atoms with Crippen LogP contribution in [0.15, 0.2) is 78.9 Å². The summed E-state index contributed by atoms with van der Waals surface area (Å²) in [5.41, 5.74) is 5.11. The minimum atomic E-state index is -1.17. The van der Waals surface area contributed by atoms with E-state index in [9.17, 15) is 43.5 Å². The number of nitrogens with one attached hydrogen (secondary N) is 5. The van der Waals surface area contributed by atoms with Crippen molar-refractivity contribution < 1.29 is 57.7 Å². The molecule has 6 N–H and O–H groups in total. The number of likely N-dealkylation sites (tertiary alicyclic amines) is 1. The Bertz CT molecular complexity index is 2710. The van der Waals surface area contributed by atoms with Crippen LogP contribution in [0, 0.1) is 29.6 Å². The molecule has 0 saturated carbocycles. The Kier molecular flexibility index (Phi) is 27.4. The molecule has 21 heteroatoms. The molecule has 1 fully saturated rings. The van der Waals surface area contributed by atoms with Crippen molar-refractivity contribution in [3.63, 3.8) is 0 Å². The van der Waals surface area contributed by atoms with E-state index in [1.807, 2.05) is 96.0 Å². The number of methoxy groups -OCH3 is 2. The molecule has 1 aliphatic carbocycles. The van der Waals surface area contributed by atoms with Crippen LogP contribution < -0.4 is 26.6 Å². The average Bonchev–Trinajstić information content (AvgIpc) is 1.90. The fourth-order valence-electron chi connectivity index (χ4n) is 12.0. The first-order chi connectivity index (χ1) is 40.9. The summed E-state index contributed by atoms with van der Waals surface area (Å²) in [7, 11) is 6.53. The highest BCUT2D eigenvalue weighted by Gasteiger charge is 2.44. The van der Waals surface area contributed by atoms with E-state index in [2.05, 4.69) is 38.7 Å². The molecular weight excluding hydrogens is 1120 g/mol. The van der Waals surface area contributed by atoms with Gasteiger partial charge in [0, 0.05) is 52.4 Å². The number of carboxylic acids is 1. The molecule has 3 aromatic carbocycles. The second-order valence-corrected chi connectivity index (χ2v) is 25.2. The van der Waals surface area contributed by atoms with Gasteiger partial charge in [-0.1, -0.05) is 148 Å². The maximum absolute atomic E-state index is 14.8. The lowest BCUT2D eigenvalue weighted by atomic mass is 9.89. The molecular formula is C65H96N8O12S. The monoisotopic (exact) mass is 1210 g/mol. The second-order valence-electron chi connectivity index (χ2n) is 24.1. The third kappa shape index (κ3) is 18.5. The fraction of sp³-hybridized carbons (Fsp3) is 0.600. The summed E-state index contributed by atoms with van der Waals surface area (Å²) in [5, 5.41) is 24.1. The molecule has 0 spiro atoms. The topological polar surface area (TPSA) is 254 Å². The molecule has 0 bridgehead atoms. The molecule has 1 aliphatic heterocycles. The second kappa shape index (κ2) is 33.5.